The summed E-state index contributed by atoms with van der Waals surface area (Å²) in [5.74, 6) is -1.88. The van der Waals surface area contributed by atoms with Crippen LogP contribution in [-0.4, -0.2) is 47.6 Å². The van der Waals surface area contributed by atoms with Crippen LogP contribution in [0.25, 0.3) is 0 Å². The number of benzene rings is 3. The van der Waals surface area contributed by atoms with E-state index in [0.717, 1.165) is 23.1 Å². The van der Waals surface area contributed by atoms with E-state index >= 15 is 0 Å². The number of carbonyl (C=O) groups is 2. The smallest absolute Gasteiger partial charge is 0.339 e. The van der Waals surface area contributed by atoms with Crippen LogP contribution >= 0.6 is 0 Å². The molecule has 10 heteroatoms. The molecule has 43 heavy (non-hydrogen) atoms. The van der Waals surface area contributed by atoms with Crippen molar-refractivity contribution in [1.29, 1.82) is 0 Å². The summed E-state index contributed by atoms with van der Waals surface area (Å²) in [7, 11) is 1.50. The van der Waals surface area contributed by atoms with E-state index in [-0.39, 0.29) is 23.9 Å². The van der Waals surface area contributed by atoms with Crippen molar-refractivity contribution in [1.82, 2.24) is 4.98 Å². The fourth-order valence-corrected chi connectivity index (χ4v) is 5.88. The fraction of sp³-hybridized carbons (Fsp3) is 0.242. The van der Waals surface area contributed by atoms with E-state index in [1.54, 1.807) is 24.3 Å². The van der Waals surface area contributed by atoms with Gasteiger partial charge in [-0.25, -0.2) is 4.79 Å². The first kappa shape index (κ1) is 27.9. The Labute approximate surface area is 247 Å². The number of aromatic carboxylic acids is 1. The number of fused-ring (bicyclic) bond motifs is 2. The summed E-state index contributed by atoms with van der Waals surface area (Å²) in [4.78, 5) is 29.2. The molecular formula is C33H29NO9. The molecule has 1 aliphatic carbocycles. The maximum absolute atomic E-state index is 13.2. The highest BCUT2D eigenvalue weighted by molar-refractivity contribution is 5.90. The van der Waals surface area contributed by atoms with Gasteiger partial charge in [-0.1, -0.05) is 25.1 Å². The zero-order valence-corrected chi connectivity index (χ0v) is 23.5. The van der Waals surface area contributed by atoms with Crippen molar-refractivity contribution in [2.45, 2.75) is 25.2 Å². The number of aromatic nitrogens is 1. The summed E-state index contributed by atoms with van der Waals surface area (Å²) in [5, 5.41) is 20.6. The van der Waals surface area contributed by atoms with E-state index in [1.165, 1.54) is 25.6 Å². The lowest BCUT2D eigenvalue weighted by Gasteiger charge is -2.25. The highest BCUT2D eigenvalue weighted by Gasteiger charge is 2.48. The predicted octanol–water partition coefficient (Wildman–Crippen LogP) is 6.08. The SMILES string of the molecule is CCCOc1ccc2c(c1)[C@@H](c1ccc(OC)cc1Oc1cnccc1C(=O)O)[C@H](C(=O)O)[C@H]2c1ccc2c(c1)OCO2. The number of nitrogens with zero attached hydrogens (tertiary/aromatic N) is 1. The molecule has 2 heterocycles. The maximum atomic E-state index is 13.2. The number of ether oxygens (including phenoxy) is 5. The monoisotopic (exact) mass is 583 g/mol. The van der Waals surface area contributed by atoms with E-state index in [0.29, 0.717) is 35.2 Å². The Balaban J connectivity index is 1.54. The van der Waals surface area contributed by atoms with E-state index in [4.69, 9.17) is 23.7 Å². The third-order valence-corrected chi connectivity index (χ3v) is 7.75. The number of hydrogen-bond donors (Lipinski definition) is 2. The second kappa shape index (κ2) is 11.6. The molecule has 3 aromatic carbocycles. The molecule has 1 aromatic heterocycles. The summed E-state index contributed by atoms with van der Waals surface area (Å²) in [6.45, 7) is 2.62. The molecule has 1 aliphatic heterocycles. The van der Waals surface area contributed by atoms with Crippen LogP contribution in [0.1, 0.15) is 57.8 Å². The molecule has 3 atom stereocenters. The van der Waals surface area contributed by atoms with Crippen molar-refractivity contribution in [3.63, 3.8) is 0 Å². The lowest BCUT2D eigenvalue weighted by atomic mass is 9.79. The molecule has 6 rings (SSSR count). The van der Waals surface area contributed by atoms with Crippen LogP contribution in [0.3, 0.4) is 0 Å². The molecule has 0 unspecified atom stereocenters. The van der Waals surface area contributed by atoms with Crippen molar-refractivity contribution < 1.29 is 43.5 Å². The van der Waals surface area contributed by atoms with Gasteiger partial charge in [-0.3, -0.25) is 9.78 Å². The standard InChI is InChI=1S/C33H29NO9/c1-3-12-40-20-6-7-21-24(14-20)30(31(33(37)38)29(21)18-4-9-25-27(13-18)42-17-41-25)22-8-5-19(39-2)15-26(22)43-28-16-34-11-10-23(28)32(35)36/h4-11,13-16,29-31H,3,12,17H2,1-2H3,(H,35,36)(H,37,38)/t29-,30+,31+/m0/s1. The summed E-state index contributed by atoms with van der Waals surface area (Å²) >= 11 is 0. The minimum Gasteiger partial charge on any atom is -0.497 e. The van der Waals surface area contributed by atoms with Crippen molar-refractivity contribution in [2.75, 3.05) is 20.5 Å². The molecule has 220 valence electrons. The summed E-state index contributed by atoms with van der Waals surface area (Å²) < 4.78 is 28.7. The van der Waals surface area contributed by atoms with Gasteiger partial charge < -0.3 is 33.9 Å². The van der Waals surface area contributed by atoms with Crippen LogP contribution in [0.15, 0.2) is 73.1 Å². The van der Waals surface area contributed by atoms with Crippen LogP contribution in [0.5, 0.6) is 34.5 Å². The van der Waals surface area contributed by atoms with Crippen molar-refractivity contribution in [3.05, 3.63) is 101 Å². The molecular weight excluding hydrogens is 554 g/mol. The van der Waals surface area contributed by atoms with Crippen molar-refractivity contribution >= 4 is 11.9 Å². The summed E-state index contributed by atoms with van der Waals surface area (Å²) in [5.41, 5.74) is 2.82. The minimum atomic E-state index is -1.18. The molecule has 0 radical (unpaired) electrons. The largest absolute Gasteiger partial charge is 0.497 e. The maximum Gasteiger partial charge on any atom is 0.339 e. The number of pyridine rings is 1. The Morgan fingerprint density at radius 3 is 2.44 bits per heavy atom. The van der Waals surface area contributed by atoms with E-state index in [2.05, 4.69) is 4.98 Å². The molecule has 0 bridgehead atoms. The molecule has 2 aliphatic rings. The zero-order chi connectivity index (χ0) is 30.1. The fourth-order valence-electron chi connectivity index (χ4n) is 5.88. The predicted molar refractivity (Wildman–Crippen MR) is 154 cm³/mol. The number of hydrogen-bond acceptors (Lipinski definition) is 8. The van der Waals surface area contributed by atoms with Gasteiger partial charge in [0.15, 0.2) is 17.2 Å². The van der Waals surface area contributed by atoms with Gasteiger partial charge in [0.2, 0.25) is 6.79 Å². The first-order chi connectivity index (χ1) is 20.9. The average Bonchev–Trinajstić information content (AvgIpc) is 3.62. The van der Waals surface area contributed by atoms with Gasteiger partial charge in [-0.15, -0.1) is 0 Å². The van der Waals surface area contributed by atoms with E-state index in [9.17, 15) is 19.8 Å². The third kappa shape index (κ3) is 5.16. The Kier molecular flexibility index (Phi) is 7.50. The highest BCUT2D eigenvalue weighted by Crippen LogP contribution is 2.56. The van der Waals surface area contributed by atoms with Crippen LogP contribution in [-0.2, 0) is 4.79 Å². The molecule has 2 N–H and O–H groups in total. The topological polar surface area (TPSA) is 134 Å². The normalized spacial score (nSPS) is 18.1. The zero-order valence-electron chi connectivity index (χ0n) is 23.5. The van der Waals surface area contributed by atoms with Gasteiger partial charge in [-0.2, -0.15) is 0 Å². The van der Waals surface area contributed by atoms with Crippen LogP contribution < -0.4 is 23.7 Å². The van der Waals surface area contributed by atoms with Crippen LogP contribution in [0.4, 0.5) is 0 Å². The van der Waals surface area contributed by atoms with Gasteiger partial charge in [0.1, 0.15) is 22.8 Å². The number of aliphatic carboxylic acids is 1. The molecule has 0 saturated carbocycles. The van der Waals surface area contributed by atoms with Crippen molar-refractivity contribution in [2.24, 2.45) is 5.92 Å². The Morgan fingerprint density at radius 1 is 0.884 bits per heavy atom. The summed E-state index contributed by atoms with van der Waals surface area (Å²) in [6, 6.07) is 17.6. The van der Waals surface area contributed by atoms with Crippen LogP contribution in [0.2, 0.25) is 0 Å². The molecule has 0 amide bonds. The summed E-state index contributed by atoms with van der Waals surface area (Å²) in [6.07, 6.45) is 3.49. The van der Waals surface area contributed by atoms with Gasteiger partial charge in [-0.05, 0) is 59.5 Å². The first-order valence-corrected chi connectivity index (χ1v) is 13.8. The van der Waals surface area contributed by atoms with Crippen LogP contribution in [0, 0.1) is 5.92 Å². The molecule has 10 nitrogen and oxygen atoms in total. The quantitative estimate of drug-likeness (QED) is 0.226. The Morgan fingerprint density at radius 2 is 1.67 bits per heavy atom. The molecule has 0 saturated heterocycles. The lowest BCUT2D eigenvalue weighted by Crippen LogP contribution is -2.24. The number of carboxylic acids is 2. The first-order valence-electron chi connectivity index (χ1n) is 13.8. The molecule has 0 spiro atoms. The van der Waals surface area contributed by atoms with E-state index < -0.39 is 29.7 Å². The second-order valence-electron chi connectivity index (χ2n) is 10.3. The Bertz CT molecular complexity index is 1700. The number of methoxy groups -OCH3 is 1. The highest BCUT2D eigenvalue weighted by atomic mass is 16.7. The van der Waals surface area contributed by atoms with Gasteiger partial charge in [0.25, 0.3) is 0 Å². The molecule has 4 aromatic rings. The number of rotatable bonds is 10. The third-order valence-electron chi connectivity index (χ3n) is 7.75. The molecule has 0 fully saturated rings. The number of carboxylic acid groups (broad SMARTS) is 2. The van der Waals surface area contributed by atoms with Gasteiger partial charge in [0, 0.05) is 29.7 Å². The van der Waals surface area contributed by atoms with Gasteiger partial charge in [0.05, 0.1) is 25.8 Å². The lowest BCUT2D eigenvalue weighted by molar-refractivity contribution is -0.142. The second-order valence-corrected chi connectivity index (χ2v) is 10.3. The van der Waals surface area contributed by atoms with Crippen molar-refractivity contribution in [3.8, 4) is 34.5 Å². The average molecular weight is 584 g/mol. The minimum absolute atomic E-state index is 0.0157. The van der Waals surface area contributed by atoms with Gasteiger partial charge >= 0.3 is 11.9 Å². The Hall–Kier alpha value is -5.25. The van der Waals surface area contributed by atoms with E-state index in [1.807, 2.05) is 37.3 Å².